The second-order valence-electron chi connectivity index (χ2n) is 5.32. The van der Waals surface area contributed by atoms with Crippen molar-refractivity contribution >= 4 is 0 Å². The van der Waals surface area contributed by atoms with E-state index in [4.69, 9.17) is 5.26 Å². The van der Waals surface area contributed by atoms with Crippen LogP contribution in [0.1, 0.15) is 26.7 Å². The van der Waals surface area contributed by atoms with Gasteiger partial charge in [0.1, 0.15) is 5.54 Å². The molecule has 3 nitrogen and oxygen atoms in total. The first-order valence-corrected chi connectivity index (χ1v) is 5.77. The summed E-state index contributed by atoms with van der Waals surface area (Å²) in [6, 6.07) is 2.35. The molecule has 0 amide bonds. The molecule has 0 saturated carbocycles. The first kappa shape index (κ1) is 12.5. The fourth-order valence-electron chi connectivity index (χ4n) is 2.12. The molecular formula is C12H23N3. The van der Waals surface area contributed by atoms with Crippen LogP contribution in [0.5, 0.6) is 0 Å². The van der Waals surface area contributed by atoms with E-state index in [1.807, 2.05) is 13.8 Å². The molecule has 1 saturated heterocycles. The summed E-state index contributed by atoms with van der Waals surface area (Å²) in [5, 5.41) is 9.04. The molecule has 1 aliphatic heterocycles. The smallest absolute Gasteiger partial charge is 0.103 e. The van der Waals surface area contributed by atoms with Crippen LogP contribution in [0.15, 0.2) is 0 Å². The Bertz CT molecular complexity index is 242. The number of hydrogen-bond acceptors (Lipinski definition) is 3. The maximum atomic E-state index is 9.04. The van der Waals surface area contributed by atoms with Gasteiger partial charge < -0.3 is 4.90 Å². The lowest BCUT2D eigenvalue weighted by Gasteiger charge is -2.36. The van der Waals surface area contributed by atoms with Gasteiger partial charge in [0.2, 0.25) is 0 Å². The maximum absolute atomic E-state index is 9.04. The minimum atomic E-state index is -0.337. The Morgan fingerprint density at radius 2 is 2.20 bits per heavy atom. The molecular weight excluding hydrogens is 186 g/mol. The van der Waals surface area contributed by atoms with Crippen molar-refractivity contribution in [3.63, 3.8) is 0 Å². The van der Waals surface area contributed by atoms with Crippen LogP contribution in [0.4, 0.5) is 0 Å². The Labute approximate surface area is 93.7 Å². The van der Waals surface area contributed by atoms with Gasteiger partial charge in [0.15, 0.2) is 0 Å². The van der Waals surface area contributed by atoms with Gasteiger partial charge in [-0.2, -0.15) is 5.26 Å². The molecule has 0 aromatic heterocycles. The molecule has 15 heavy (non-hydrogen) atoms. The zero-order valence-corrected chi connectivity index (χ0v) is 10.5. The van der Waals surface area contributed by atoms with E-state index in [9.17, 15) is 0 Å². The largest absolute Gasteiger partial charge is 0.306 e. The molecule has 0 N–H and O–H groups in total. The highest BCUT2D eigenvalue weighted by Crippen LogP contribution is 2.19. The van der Waals surface area contributed by atoms with Crippen LogP contribution in [0.25, 0.3) is 0 Å². The van der Waals surface area contributed by atoms with Gasteiger partial charge in [0, 0.05) is 13.1 Å². The highest BCUT2D eigenvalue weighted by Gasteiger charge is 2.26. The third-order valence-corrected chi connectivity index (χ3v) is 3.48. The van der Waals surface area contributed by atoms with Crippen molar-refractivity contribution in [3.8, 4) is 6.07 Å². The van der Waals surface area contributed by atoms with Crippen molar-refractivity contribution in [3.05, 3.63) is 0 Å². The average Bonchev–Trinajstić information content (AvgIpc) is 2.17. The normalized spacial score (nSPS) is 24.1. The van der Waals surface area contributed by atoms with E-state index in [1.54, 1.807) is 0 Å². The third kappa shape index (κ3) is 3.48. The van der Waals surface area contributed by atoms with E-state index in [0.717, 1.165) is 12.5 Å². The number of piperidine rings is 1. The van der Waals surface area contributed by atoms with Crippen LogP contribution in [-0.4, -0.2) is 49.1 Å². The van der Waals surface area contributed by atoms with Gasteiger partial charge in [0.05, 0.1) is 6.07 Å². The molecule has 0 aromatic rings. The predicted octanol–water partition coefficient (Wildman–Crippen LogP) is 1.56. The van der Waals surface area contributed by atoms with E-state index in [0.29, 0.717) is 0 Å². The zero-order valence-electron chi connectivity index (χ0n) is 10.5. The van der Waals surface area contributed by atoms with Gasteiger partial charge in [0.25, 0.3) is 0 Å². The molecule has 0 aromatic carbocycles. The Morgan fingerprint density at radius 1 is 1.53 bits per heavy atom. The van der Waals surface area contributed by atoms with E-state index >= 15 is 0 Å². The quantitative estimate of drug-likeness (QED) is 0.706. The summed E-state index contributed by atoms with van der Waals surface area (Å²) < 4.78 is 0. The van der Waals surface area contributed by atoms with E-state index in [2.05, 4.69) is 30.0 Å². The van der Waals surface area contributed by atoms with Crippen molar-refractivity contribution in [1.82, 2.24) is 9.80 Å². The number of hydrogen-bond donors (Lipinski definition) is 0. The van der Waals surface area contributed by atoms with E-state index in [-0.39, 0.29) is 5.54 Å². The van der Waals surface area contributed by atoms with Crippen molar-refractivity contribution in [2.24, 2.45) is 5.92 Å². The summed E-state index contributed by atoms with van der Waals surface area (Å²) in [6.07, 6.45) is 2.60. The van der Waals surface area contributed by atoms with Crippen LogP contribution < -0.4 is 0 Å². The highest BCUT2D eigenvalue weighted by molar-refractivity contribution is 5.01. The fraction of sp³-hybridized carbons (Fsp3) is 0.917. The number of nitrogens with zero attached hydrogens (tertiary/aromatic N) is 3. The number of nitriles is 1. The molecule has 0 aliphatic carbocycles. The summed E-state index contributed by atoms with van der Waals surface area (Å²) in [4.78, 5) is 4.57. The molecule has 3 heteroatoms. The first-order chi connectivity index (χ1) is 6.95. The van der Waals surface area contributed by atoms with Crippen LogP contribution in [0.2, 0.25) is 0 Å². The van der Waals surface area contributed by atoms with Gasteiger partial charge >= 0.3 is 0 Å². The molecule has 86 valence electrons. The molecule has 1 rings (SSSR count). The summed E-state index contributed by atoms with van der Waals surface area (Å²) in [7, 11) is 4.24. The van der Waals surface area contributed by atoms with Crippen molar-refractivity contribution in [1.29, 1.82) is 5.26 Å². The molecule has 0 spiro atoms. The molecule has 1 unspecified atom stereocenters. The first-order valence-electron chi connectivity index (χ1n) is 5.77. The second kappa shape index (κ2) is 4.96. The Morgan fingerprint density at radius 3 is 2.73 bits per heavy atom. The predicted molar refractivity (Wildman–Crippen MR) is 62.5 cm³/mol. The maximum Gasteiger partial charge on any atom is 0.103 e. The molecule has 1 atom stereocenters. The summed E-state index contributed by atoms with van der Waals surface area (Å²) in [6.45, 7) is 7.40. The molecule has 0 radical (unpaired) electrons. The SMILES string of the molecule is CN1CCCC(CN(C)C(C)(C)C#N)C1. The molecule has 1 aliphatic rings. The number of likely N-dealkylation sites (tertiary alicyclic amines) is 1. The topological polar surface area (TPSA) is 30.3 Å². The highest BCUT2D eigenvalue weighted by atomic mass is 15.2. The minimum Gasteiger partial charge on any atom is -0.306 e. The summed E-state index contributed by atoms with van der Waals surface area (Å²) in [5.41, 5.74) is -0.337. The van der Waals surface area contributed by atoms with Crippen LogP contribution in [0.3, 0.4) is 0 Å². The zero-order chi connectivity index (χ0) is 11.5. The standard InChI is InChI=1S/C12H23N3/c1-12(2,10-13)15(4)9-11-6-5-7-14(3)8-11/h11H,5-9H2,1-4H3. The Kier molecular flexibility index (Phi) is 4.12. The van der Waals surface area contributed by atoms with Gasteiger partial charge in [-0.15, -0.1) is 0 Å². The van der Waals surface area contributed by atoms with Crippen LogP contribution in [0, 0.1) is 17.2 Å². The molecule has 1 heterocycles. The number of rotatable bonds is 3. The lowest BCUT2D eigenvalue weighted by atomic mass is 9.95. The fourth-order valence-corrected chi connectivity index (χ4v) is 2.12. The Balaban J connectivity index is 2.44. The van der Waals surface area contributed by atoms with E-state index < -0.39 is 0 Å². The van der Waals surface area contributed by atoms with Gasteiger partial charge in [-0.25, -0.2) is 0 Å². The van der Waals surface area contributed by atoms with Gasteiger partial charge in [-0.05, 0) is 53.2 Å². The van der Waals surface area contributed by atoms with Crippen LogP contribution in [-0.2, 0) is 0 Å². The lowest BCUT2D eigenvalue weighted by Crippen LogP contribution is -2.45. The lowest BCUT2D eigenvalue weighted by molar-refractivity contribution is 0.128. The average molecular weight is 209 g/mol. The van der Waals surface area contributed by atoms with Crippen molar-refractivity contribution in [2.45, 2.75) is 32.2 Å². The Hall–Kier alpha value is -0.590. The van der Waals surface area contributed by atoms with Gasteiger partial charge in [-0.1, -0.05) is 0 Å². The molecule has 0 bridgehead atoms. The van der Waals surface area contributed by atoms with Crippen LogP contribution >= 0.6 is 0 Å². The summed E-state index contributed by atoms with van der Waals surface area (Å²) in [5.74, 6) is 0.723. The second-order valence-corrected chi connectivity index (χ2v) is 5.32. The monoisotopic (exact) mass is 209 g/mol. The van der Waals surface area contributed by atoms with Crippen molar-refractivity contribution in [2.75, 3.05) is 33.7 Å². The van der Waals surface area contributed by atoms with E-state index in [1.165, 1.54) is 25.9 Å². The molecule has 1 fully saturated rings. The van der Waals surface area contributed by atoms with Gasteiger partial charge in [-0.3, -0.25) is 4.90 Å². The minimum absolute atomic E-state index is 0.337. The summed E-state index contributed by atoms with van der Waals surface area (Å²) >= 11 is 0. The third-order valence-electron chi connectivity index (χ3n) is 3.48. The van der Waals surface area contributed by atoms with Crippen molar-refractivity contribution < 1.29 is 0 Å².